The van der Waals surface area contributed by atoms with Gasteiger partial charge in [-0.1, -0.05) is 20.8 Å². The molecule has 1 heterocycles. The lowest BCUT2D eigenvalue weighted by molar-refractivity contribution is -0.142. The van der Waals surface area contributed by atoms with Crippen molar-refractivity contribution in [2.24, 2.45) is 11.3 Å². The number of aromatic carboxylic acids is 1. The van der Waals surface area contributed by atoms with Gasteiger partial charge in [0.25, 0.3) is 0 Å². The second kappa shape index (κ2) is 7.03. The highest BCUT2D eigenvalue weighted by Gasteiger charge is 2.33. The maximum absolute atomic E-state index is 12.4. The predicted molar refractivity (Wildman–Crippen MR) is 90.8 cm³/mol. The molecule has 6 nitrogen and oxygen atoms in total. The SMILES string of the molecule is CC(C)(C)C(=O)N1CCCC(C(=O)Nc2ccc(C(=O)O)cc2)C1. The van der Waals surface area contributed by atoms with E-state index in [0.717, 1.165) is 12.8 Å². The summed E-state index contributed by atoms with van der Waals surface area (Å²) in [5.41, 5.74) is 0.280. The van der Waals surface area contributed by atoms with Crippen molar-refractivity contribution in [2.45, 2.75) is 33.6 Å². The fraction of sp³-hybridized carbons (Fsp3) is 0.500. The number of likely N-dealkylation sites (tertiary alicyclic amines) is 1. The molecule has 1 saturated heterocycles. The molecule has 2 N–H and O–H groups in total. The summed E-state index contributed by atoms with van der Waals surface area (Å²) in [7, 11) is 0. The number of benzene rings is 1. The summed E-state index contributed by atoms with van der Waals surface area (Å²) in [5, 5.41) is 11.7. The molecule has 0 saturated carbocycles. The second-order valence-electron chi connectivity index (χ2n) is 7.21. The van der Waals surface area contributed by atoms with Crippen LogP contribution < -0.4 is 5.32 Å². The molecule has 1 aliphatic rings. The number of amides is 2. The van der Waals surface area contributed by atoms with Gasteiger partial charge in [0.2, 0.25) is 11.8 Å². The van der Waals surface area contributed by atoms with E-state index >= 15 is 0 Å². The summed E-state index contributed by atoms with van der Waals surface area (Å²) in [6.07, 6.45) is 1.55. The minimum atomic E-state index is -1.00. The normalized spacial score (nSPS) is 18.1. The number of carbonyl (C=O) groups excluding carboxylic acids is 2. The van der Waals surface area contributed by atoms with Crippen molar-refractivity contribution in [2.75, 3.05) is 18.4 Å². The number of rotatable bonds is 3. The Morgan fingerprint density at radius 3 is 2.33 bits per heavy atom. The van der Waals surface area contributed by atoms with Crippen molar-refractivity contribution in [3.8, 4) is 0 Å². The van der Waals surface area contributed by atoms with Gasteiger partial charge in [-0.15, -0.1) is 0 Å². The van der Waals surface area contributed by atoms with Crippen LogP contribution in [0.1, 0.15) is 44.0 Å². The second-order valence-corrected chi connectivity index (χ2v) is 7.21. The quantitative estimate of drug-likeness (QED) is 0.891. The van der Waals surface area contributed by atoms with Crippen molar-refractivity contribution in [3.63, 3.8) is 0 Å². The Balaban J connectivity index is 1.99. The molecule has 1 aromatic rings. The zero-order chi connectivity index (χ0) is 17.9. The van der Waals surface area contributed by atoms with E-state index in [1.807, 2.05) is 20.8 Å². The number of anilines is 1. The van der Waals surface area contributed by atoms with Gasteiger partial charge in [0.1, 0.15) is 0 Å². The molecule has 1 aliphatic heterocycles. The molecule has 0 spiro atoms. The zero-order valence-corrected chi connectivity index (χ0v) is 14.3. The fourth-order valence-electron chi connectivity index (χ4n) is 2.79. The summed E-state index contributed by atoms with van der Waals surface area (Å²) in [6.45, 7) is 6.75. The number of nitrogens with one attached hydrogen (secondary N) is 1. The summed E-state index contributed by atoms with van der Waals surface area (Å²) in [6, 6.07) is 6.05. The van der Waals surface area contributed by atoms with E-state index in [9.17, 15) is 14.4 Å². The third-order valence-electron chi connectivity index (χ3n) is 4.12. The van der Waals surface area contributed by atoms with Crippen molar-refractivity contribution in [1.29, 1.82) is 0 Å². The third kappa shape index (κ3) is 4.34. The molecule has 0 bridgehead atoms. The standard InChI is InChI=1S/C18H24N2O4/c1-18(2,3)17(24)20-10-4-5-13(11-20)15(21)19-14-8-6-12(7-9-14)16(22)23/h6-9,13H,4-5,10-11H2,1-3H3,(H,19,21)(H,22,23). The first-order valence-electron chi connectivity index (χ1n) is 8.12. The van der Waals surface area contributed by atoms with Crippen LogP contribution in [0, 0.1) is 11.3 Å². The number of carboxylic acids is 1. The summed E-state index contributed by atoms with van der Waals surface area (Å²) < 4.78 is 0. The Bertz CT molecular complexity index is 631. The van der Waals surface area contributed by atoms with Crippen molar-refractivity contribution >= 4 is 23.5 Å². The van der Waals surface area contributed by atoms with Crippen molar-refractivity contribution in [1.82, 2.24) is 4.90 Å². The molecule has 6 heteroatoms. The van der Waals surface area contributed by atoms with Gasteiger partial charge in [0, 0.05) is 24.2 Å². The maximum atomic E-state index is 12.4. The molecule has 1 unspecified atom stereocenters. The highest BCUT2D eigenvalue weighted by molar-refractivity contribution is 5.94. The maximum Gasteiger partial charge on any atom is 0.335 e. The largest absolute Gasteiger partial charge is 0.478 e. The van der Waals surface area contributed by atoms with E-state index in [4.69, 9.17) is 5.11 Å². The molecule has 0 radical (unpaired) electrons. The van der Waals surface area contributed by atoms with Gasteiger partial charge in [0.05, 0.1) is 11.5 Å². The van der Waals surface area contributed by atoms with Gasteiger partial charge in [-0.2, -0.15) is 0 Å². The molecule has 1 aromatic carbocycles. The van der Waals surface area contributed by atoms with Crippen LogP contribution in [-0.4, -0.2) is 40.9 Å². The molecule has 24 heavy (non-hydrogen) atoms. The number of piperidine rings is 1. The minimum Gasteiger partial charge on any atom is -0.478 e. The van der Waals surface area contributed by atoms with Crippen LogP contribution in [0.3, 0.4) is 0 Å². The number of carboxylic acid groups (broad SMARTS) is 1. The average Bonchev–Trinajstić information content (AvgIpc) is 2.54. The van der Waals surface area contributed by atoms with Crippen LogP contribution in [0.4, 0.5) is 5.69 Å². The van der Waals surface area contributed by atoms with E-state index < -0.39 is 11.4 Å². The monoisotopic (exact) mass is 332 g/mol. The Hall–Kier alpha value is -2.37. The van der Waals surface area contributed by atoms with Crippen LogP contribution in [0.25, 0.3) is 0 Å². The molecule has 130 valence electrons. The lowest BCUT2D eigenvalue weighted by atomic mass is 9.91. The first kappa shape index (κ1) is 18.0. The lowest BCUT2D eigenvalue weighted by Gasteiger charge is -2.35. The smallest absolute Gasteiger partial charge is 0.335 e. The Labute approximate surface area is 141 Å². The highest BCUT2D eigenvalue weighted by atomic mass is 16.4. The molecule has 2 rings (SSSR count). The Morgan fingerprint density at radius 2 is 1.79 bits per heavy atom. The average molecular weight is 332 g/mol. The van der Waals surface area contributed by atoms with Crippen LogP contribution in [-0.2, 0) is 9.59 Å². The number of nitrogens with zero attached hydrogens (tertiary/aromatic N) is 1. The Morgan fingerprint density at radius 1 is 1.17 bits per heavy atom. The van der Waals surface area contributed by atoms with E-state index in [1.54, 1.807) is 17.0 Å². The van der Waals surface area contributed by atoms with Crippen LogP contribution >= 0.6 is 0 Å². The number of carbonyl (C=O) groups is 3. The van der Waals surface area contributed by atoms with Gasteiger partial charge in [-0.05, 0) is 37.1 Å². The lowest BCUT2D eigenvalue weighted by Crippen LogP contribution is -2.47. The molecule has 0 aromatic heterocycles. The van der Waals surface area contributed by atoms with Gasteiger partial charge < -0.3 is 15.3 Å². The van der Waals surface area contributed by atoms with Crippen LogP contribution in [0.2, 0.25) is 0 Å². The number of hydrogen-bond acceptors (Lipinski definition) is 3. The van der Waals surface area contributed by atoms with E-state index in [0.29, 0.717) is 18.8 Å². The summed E-state index contributed by atoms with van der Waals surface area (Å²) in [4.78, 5) is 37.4. The molecular weight excluding hydrogens is 308 g/mol. The third-order valence-corrected chi connectivity index (χ3v) is 4.12. The van der Waals surface area contributed by atoms with Gasteiger partial charge >= 0.3 is 5.97 Å². The van der Waals surface area contributed by atoms with Gasteiger partial charge in [0.15, 0.2) is 0 Å². The first-order chi connectivity index (χ1) is 11.2. The highest BCUT2D eigenvalue weighted by Crippen LogP contribution is 2.24. The molecule has 0 aliphatic carbocycles. The molecular formula is C18H24N2O4. The van der Waals surface area contributed by atoms with Crippen LogP contribution in [0.5, 0.6) is 0 Å². The van der Waals surface area contributed by atoms with Gasteiger partial charge in [-0.3, -0.25) is 9.59 Å². The molecule has 1 atom stereocenters. The Kier molecular flexibility index (Phi) is 5.26. The topological polar surface area (TPSA) is 86.7 Å². The van der Waals surface area contributed by atoms with Crippen molar-refractivity contribution < 1.29 is 19.5 Å². The predicted octanol–water partition coefficient (Wildman–Crippen LogP) is 2.61. The van der Waals surface area contributed by atoms with Gasteiger partial charge in [-0.25, -0.2) is 4.79 Å². The van der Waals surface area contributed by atoms with E-state index in [1.165, 1.54) is 12.1 Å². The van der Waals surface area contributed by atoms with Crippen molar-refractivity contribution in [3.05, 3.63) is 29.8 Å². The van der Waals surface area contributed by atoms with Crippen LogP contribution in [0.15, 0.2) is 24.3 Å². The minimum absolute atomic E-state index is 0.0609. The van der Waals surface area contributed by atoms with E-state index in [2.05, 4.69) is 5.32 Å². The summed E-state index contributed by atoms with van der Waals surface area (Å²) >= 11 is 0. The zero-order valence-electron chi connectivity index (χ0n) is 14.3. The number of hydrogen-bond donors (Lipinski definition) is 2. The fourth-order valence-corrected chi connectivity index (χ4v) is 2.79. The molecule has 2 amide bonds. The summed E-state index contributed by atoms with van der Waals surface area (Å²) in [5.74, 6) is -1.32. The molecule has 1 fully saturated rings. The van der Waals surface area contributed by atoms with E-state index in [-0.39, 0.29) is 23.3 Å². The first-order valence-corrected chi connectivity index (χ1v) is 8.12.